The van der Waals surface area contributed by atoms with E-state index in [0.717, 1.165) is 16.1 Å². The molecule has 0 aliphatic rings. The Morgan fingerprint density at radius 2 is 1.82 bits per heavy atom. The molecule has 0 bridgehead atoms. The summed E-state index contributed by atoms with van der Waals surface area (Å²) < 4.78 is 0. The van der Waals surface area contributed by atoms with Crippen molar-refractivity contribution < 1.29 is 9.59 Å². The zero-order chi connectivity index (χ0) is 19.8. The van der Waals surface area contributed by atoms with Gasteiger partial charge in [0.1, 0.15) is 4.88 Å². The fraction of sp³-hybridized carbons (Fsp3) is 0.143. The van der Waals surface area contributed by atoms with Crippen molar-refractivity contribution in [1.82, 2.24) is 15.3 Å². The first-order valence-electron chi connectivity index (χ1n) is 8.64. The number of pyridine rings is 1. The topological polar surface area (TPSA) is 84.0 Å². The van der Waals surface area contributed by atoms with Crippen molar-refractivity contribution in [3.05, 3.63) is 76.6 Å². The number of benzene rings is 1. The predicted molar refractivity (Wildman–Crippen MR) is 109 cm³/mol. The van der Waals surface area contributed by atoms with Crippen molar-refractivity contribution in [1.29, 1.82) is 0 Å². The van der Waals surface area contributed by atoms with Crippen molar-refractivity contribution in [3.8, 4) is 11.8 Å². The number of aromatic nitrogens is 2. The maximum atomic E-state index is 12.0. The molecule has 0 fully saturated rings. The number of urea groups is 1. The Hall–Kier alpha value is -3.50. The van der Waals surface area contributed by atoms with E-state index in [4.69, 9.17) is 0 Å². The van der Waals surface area contributed by atoms with Crippen LogP contribution in [0, 0.1) is 18.8 Å². The summed E-state index contributed by atoms with van der Waals surface area (Å²) in [7, 11) is 0. The number of hydrogen-bond donors (Lipinski definition) is 2. The van der Waals surface area contributed by atoms with Gasteiger partial charge in [-0.15, -0.1) is 0 Å². The van der Waals surface area contributed by atoms with E-state index >= 15 is 0 Å². The van der Waals surface area contributed by atoms with Gasteiger partial charge in [0.2, 0.25) is 0 Å². The molecule has 3 aromatic rings. The number of amides is 2. The maximum absolute atomic E-state index is 12.0. The van der Waals surface area contributed by atoms with E-state index in [1.807, 2.05) is 37.3 Å². The summed E-state index contributed by atoms with van der Waals surface area (Å²) in [5, 5.41) is 5.82. The molecule has 28 heavy (non-hydrogen) atoms. The monoisotopic (exact) mass is 390 g/mol. The van der Waals surface area contributed by atoms with E-state index in [-0.39, 0.29) is 18.7 Å². The average molecular weight is 390 g/mol. The van der Waals surface area contributed by atoms with Gasteiger partial charge in [-0.1, -0.05) is 47.6 Å². The van der Waals surface area contributed by atoms with Crippen LogP contribution in [0.5, 0.6) is 0 Å². The fourth-order valence-corrected chi connectivity index (χ4v) is 3.14. The van der Waals surface area contributed by atoms with E-state index < -0.39 is 6.03 Å². The first-order valence-corrected chi connectivity index (χ1v) is 9.46. The third-order valence-electron chi connectivity index (χ3n) is 3.75. The zero-order valence-electron chi connectivity index (χ0n) is 15.2. The third kappa shape index (κ3) is 5.50. The van der Waals surface area contributed by atoms with Crippen molar-refractivity contribution in [2.75, 3.05) is 11.9 Å². The van der Waals surface area contributed by atoms with Gasteiger partial charge in [0, 0.05) is 36.5 Å². The largest absolute Gasteiger partial charge is 0.337 e. The number of ketones is 1. The number of carbonyl (C=O) groups is 2. The van der Waals surface area contributed by atoms with Gasteiger partial charge in [0.15, 0.2) is 10.9 Å². The number of carbonyl (C=O) groups excluding carboxylic acids is 2. The van der Waals surface area contributed by atoms with Crippen LogP contribution in [0.3, 0.4) is 0 Å². The highest BCUT2D eigenvalue weighted by Crippen LogP contribution is 2.21. The lowest BCUT2D eigenvalue weighted by atomic mass is 10.1. The maximum Gasteiger partial charge on any atom is 0.321 e. The van der Waals surface area contributed by atoms with Crippen molar-refractivity contribution in [2.24, 2.45) is 0 Å². The summed E-state index contributed by atoms with van der Waals surface area (Å²) in [6, 6.07) is 12.3. The van der Waals surface area contributed by atoms with E-state index in [1.54, 1.807) is 24.5 Å². The molecule has 2 heterocycles. The SMILES string of the molecule is Cc1nc(NC(=O)NCCC(=O)c2ccccc2)sc1C#Cc1ccncc1. The molecule has 0 saturated heterocycles. The molecule has 2 amide bonds. The molecule has 0 spiro atoms. The van der Waals surface area contributed by atoms with Gasteiger partial charge < -0.3 is 5.32 Å². The van der Waals surface area contributed by atoms with E-state index in [2.05, 4.69) is 32.4 Å². The molecule has 7 heteroatoms. The van der Waals surface area contributed by atoms with Crippen LogP contribution in [0.25, 0.3) is 0 Å². The van der Waals surface area contributed by atoms with Crippen molar-refractivity contribution in [3.63, 3.8) is 0 Å². The highest BCUT2D eigenvalue weighted by Gasteiger charge is 2.10. The molecular weight excluding hydrogens is 372 g/mol. The smallest absolute Gasteiger partial charge is 0.321 e. The van der Waals surface area contributed by atoms with Gasteiger partial charge >= 0.3 is 6.03 Å². The number of hydrogen-bond acceptors (Lipinski definition) is 5. The van der Waals surface area contributed by atoms with Crippen LogP contribution in [0.4, 0.5) is 9.93 Å². The summed E-state index contributed by atoms with van der Waals surface area (Å²) in [4.78, 5) is 33.1. The highest BCUT2D eigenvalue weighted by molar-refractivity contribution is 7.16. The van der Waals surface area contributed by atoms with Crippen LogP contribution in [0.2, 0.25) is 0 Å². The number of Topliss-reactive ketones (excluding diaryl/α,β-unsaturated/α-hetero) is 1. The van der Waals surface area contributed by atoms with Crippen molar-refractivity contribution in [2.45, 2.75) is 13.3 Å². The minimum atomic E-state index is -0.400. The Morgan fingerprint density at radius 1 is 1.07 bits per heavy atom. The second-order valence-corrected chi connectivity index (χ2v) is 6.84. The molecule has 3 rings (SSSR count). The molecule has 140 valence electrons. The molecular formula is C21H18N4O2S. The first-order chi connectivity index (χ1) is 13.6. The minimum absolute atomic E-state index is 0.0142. The van der Waals surface area contributed by atoms with Crippen LogP contribution >= 0.6 is 11.3 Å². The second kappa shape index (κ2) is 9.44. The van der Waals surface area contributed by atoms with Gasteiger partial charge in [-0.2, -0.15) is 0 Å². The molecule has 2 N–H and O–H groups in total. The van der Waals surface area contributed by atoms with Crippen LogP contribution in [0.1, 0.15) is 32.9 Å². The lowest BCUT2D eigenvalue weighted by molar-refractivity contribution is 0.0983. The normalized spacial score (nSPS) is 9.89. The lowest BCUT2D eigenvalue weighted by Crippen LogP contribution is -2.30. The Morgan fingerprint density at radius 3 is 2.57 bits per heavy atom. The Kier molecular flexibility index (Phi) is 6.50. The minimum Gasteiger partial charge on any atom is -0.337 e. The van der Waals surface area contributed by atoms with E-state index in [9.17, 15) is 9.59 Å². The Labute approximate surface area is 167 Å². The van der Waals surface area contributed by atoms with Gasteiger partial charge in [-0.05, 0) is 25.0 Å². The molecule has 0 saturated carbocycles. The summed E-state index contributed by atoms with van der Waals surface area (Å²) in [6.45, 7) is 2.09. The van der Waals surface area contributed by atoms with Crippen LogP contribution in [-0.2, 0) is 0 Å². The molecule has 0 radical (unpaired) electrons. The summed E-state index contributed by atoms with van der Waals surface area (Å²) in [5.74, 6) is 6.09. The van der Waals surface area contributed by atoms with Crippen LogP contribution < -0.4 is 10.6 Å². The van der Waals surface area contributed by atoms with Gasteiger partial charge in [-0.3, -0.25) is 15.1 Å². The Bertz CT molecular complexity index is 1020. The average Bonchev–Trinajstić information content (AvgIpc) is 3.06. The molecule has 2 aromatic heterocycles. The first kappa shape index (κ1) is 19.3. The number of aryl methyl sites for hydroxylation is 1. The Balaban J connectivity index is 1.51. The summed E-state index contributed by atoms with van der Waals surface area (Å²) in [6.07, 6.45) is 3.60. The van der Waals surface area contributed by atoms with Crippen LogP contribution in [-0.4, -0.2) is 28.3 Å². The van der Waals surface area contributed by atoms with E-state index in [1.165, 1.54) is 11.3 Å². The molecule has 0 unspecified atom stereocenters. The molecule has 1 aromatic carbocycles. The highest BCUT2D eigenvalue weighted by atomic mass is 32.1. The van der Waals surface area contributed by atoms with Gasteiger partial charge in [-0.25, -0.2) is 9.78 Å². The number of thiazole rings is 1. The molecule has 6 nitrogen and oxygen atoms in total. The number of rotatable bonds is 5. The fourth-order valence-electron chi connectivity index (χ4n) is 2.33. The standard InChI is InChI=1S/C21H18N4O2S/c1-15-19(8-7-16-9-12-22-13-10-16)28-21(24-15)25-20(27)23-14-11-18(26)17-5-3-2-4-6-17/h2-6,9-10,12-13H,11,14H2,1H3,(H2,23,24,25,27). The summed E-state index contributed by atoms with van der Waals surface area (Å²) in [5.41, 5.74) is 2.25. The van der Waals surface area contributed by atoms with Crippen LogP contribution in [0.15, 0.2) is 54.9 Å². The number of anilines is 1. The number of nitrogens with one attached hydrogen (secondary N) is 2. The molecule has 0 atom stereocenters. The second-order valence-electron chi connectivity index (χ2n) is 5.84. The van der Waals surface area contributed by atoms with Gasteiger partial charge in [0.25, 0.3) is 0 Å². The quantitative estimate of drug-likeness (QED) is 0.515. The summed E-state index contributed by atoms with van der Waals surface area (Å²) >= 11 is 1.30. The lowest BCUT2D eigenvalue weighted by Gasteiger charge is -2.05. The molecule has 0 aliphatic heterocycles. The van der Waals surface area contributed by atoms with Gasteiger partial charge in [0.05, 0.1) is 5.69 Å². The third-order valence-corrected chi connectivity index (χ3v) is 4.74. The van der Waals surface area contributed by atoms with E-state index in [0.29, 0.717) is 10.7 Å². The predicted octanol–water partition coefficient (Wildman–Crippen LogP) is 3.64. The molecule has 0 aliphatic carbocycles. The zero-order valence-corrected chi connectivity index (χ0v) is 16.0. The number of nitrogens with zero attached hydrogens (tertiary/aromatic N) is 2. The van der Waals surface area contributed by atoms with Crippen molar-refractivity contribution >= 4 is 28.3 Å².